The van der Waals surface area contributed by atoms with Crippen molar-refractivity contribution in [2.75, 3.05) is 0 Å². The second-order valence-electron chi connectivity index (χ2n) is 11.1. The second kappa shape index (κ2) is 9.70. The predicted molar refractivity (Wildman–Crippen MR) is 138 cm³/mol. The molecule has 0 bridgehead atoms. The Morgan fingerprint density at radius 2 is 1.06 bits per heavy atom. The molecule has 2 aromatic carbocycles. The molecule has 1 saturated heterocycles. The van der Waals surface area contributed by atoms with Gasteiger partial charge < -0.3 is 4.74 Å². The van der Waals surface area contributed by atoms with Gasteiger partial charge in [-0.05, 0) is 67.2 Å². The zero-order chi connectivity index (χ0) is 23.5. The molecule has 0 amide bonds. The summed E-state index contributed by atoms with van der Waals surface area (Å²) in [5.74, 6) is 0. The van der Waals surface area contributed by atoms with Crippen LogP contribution in [-0.4, -0.2) is 23.6 Å². The molecule has 1 fully saturated rings. The molecule has 172 valence electrons. The first-order chi connectivity index (χ1) is 15.0. The average molecular weight is 433 g/mol. The van der Waals surface area contributed by atoms with E-state index in [2.05, 4.69) is 104 Å². The largest absolute Gasteiger partial charge is 0.363 e. The van der Waals surface area contributed by atoms with Crippen LogP contribution >= 0.6 is 0 Å². The normalized spacial score (nSPS) is 21.0. The zero-order valence-corrected chi connectivity index (χ0v) is 21.2. The summed E-state index contributed by atoms with van der Waals surface area (Å²) >= 11 is 0. The molecular weight excluding hydrogens is 392 g/mol. The molecule has 0 radical (unpaired) electrons. The van der Waals surface area contributed by atoms with E-state index in [0.29, 0.717) is 0 Å². The van der Waals surface area contributed by atoms with Crippen molar-refractivity contribution in [3.63, 3.8) is 0 Å². The van der Waals surface area contributed by atoms with E-state index >= 15 is 0 Å². The van der Waals surface area contributed by atoms with Gasteiger partial charge in [-0.2, -0.15) is 0 Å². The van der Waals surface area contributed by atoms with Crippen LogP contribution in [0.25, 0.3) is 0 Å². The number of aliphatic imine (C=N–C) groups is 2. The van der Waals surface area contributed by atoms with Crippen LogP contribution in [0.15, 0.2) is 58.5 Å². The standard InChI is InChI=1S/C29H40N2O/c1-20(30-24-16-11-9-14-22(24)28(3,4)5)26-18-13-19-27(32-26)21(2)31-25-17-12-10-15-23(25)29(6,7)8/h9-12,14-17,26-27H,13,18-19H2,1-8H3. The molecule has 2 unspecified atom stereocenters. The fraction of sp³-hybridized carbons (Fsp3) is 0.517. The summed E-state index contributed by atoms with van der Waals surface area (Å²) < 4.78 is 6.54. The van der Waals surface area contributed by atoms with E-state index in [-0.39, 0.29) is 23.0 Å². The predicted octanol–water partition coefficient (Wildman–Crippen LogP) is 8.10. The van der Waals surface area contributed by atoms with E-state index < -0.39 is 0 Å². The first-order valence-corrected chi connectivity index (χ1v) is 11.9. The van der Waals surface area contributed by atoms with Gasteiger partial charge in [0, 0.05) is 11.4 Å². The van der Waals surface area contributed by atoms with E-state index in [1.165, 1.54) is 11.1 Å². The summed E-state index contributed by atoms with van der Waals surface area (Å²) in [5.41, 5.74) is 6.84. The third kappa shape index (κ3) is 5.95. The van der Waals surface area contributed by atoms with Gasteiger partial charge in [0.1, 0.15) is 0 Å². The Kier molecular flexibility index (Phi) is 7.39. The summed E-state index contributed by atoms with van der Waals surface area (Å²) in [5, 5.41) is 0. The Labute approximate surface area is 195 Å². The molecule has 1 aliphatic rings. The van der Waals surface area contributed by atoms with Gasteiger partial charge in [-0.25, -0.2) is 0 Å². The van der Waals surface area contributed by atoms with Crippen LogP contribution in [0.3, 0.4) is 0 Å². The molecule has 0 N–H and O–H groups in total. The lowest BCUT2D eigenvalue weighted by Gasteiger charge is -2.31. The van der Waals surface area contributed by atoms with E-state index in [1.54, 1.807) is 0 Å². The van der Waals surface area contributed by atoms with Gasteiger partial charge in [0.15, 0.2) is 0 Å². The van der Waals surface area contributed by atoms with Crippen molar-refractivity contribution in [1.82, 2.24) is 0 Å². The molecule has 2 atom stereocenters. The first-order valence-electron chi connectivity index (χ1n) is 11.9. The Morgan fingerprint density at radius 3 is 1.44 bits per heavy atom. The van der Waals surface area contributed by atoms with Crippen molar-refractivity contribution in [1.29, 1.82) is 0 Å². The van der Waals surface area contributed by atoms with Crippen molar-refractivity contribution in [2.45, 2.75) is 97.7 Å². The molecule has 0 aliphatic carbocycles. The van der Waals surface area contributed by atoms with Crippen LogP contribution in [0, 0.1) is 0 Å². The molecule has 3 heteroatoms. The van der Waals surface area contributed by atoms with Gasteiger partial charge in [0.2, 0.25) is 0 Å². The Morgan fingerprint density at radius 1 is 0.688 bits per heavy atom. The number of nitrogens with zero attached hydrogens (tertiary/aromatic N) is 2. The smallest absolute Gasteiger partial charge is 0.0962 e. The minimum Gasteiger partial charge on any atom is -0.363 e. The van der Waals surface area contributed by atoms with Crippen molar-refractivity contribution in [2.24, 2.45) is 9.98 Å². The Balaban J connectivity index is 1.82. The number of benzene rings is 2. The molecule has 3 rings (SSSR count). The highest BCUT2D eigenvalue weighted by Crippen LogP contribution is 2.34. The van der Waals surface area contributed by atoms with Crippen LogP contribution in [0.1, 0.15) is 85.8 Å². The maximum atomic E-state index is 6.54. The monoisotopic (exact) mass is 432 g/mol. The van der Waals surface area contributed by atoms with Crippen LogP contribution < -0.4 is 0 Å². The lowest BCUT2D eigenvalue weighted by Crippen LogP contribution is -2.36. The Bertz CT molecular complexity index is 909. The van der Waals surface area contributed by atoms with Crippen molar-refractivity contribution in [3.05, 3.63) is 59.7 Å². The maximum absolute atomic E-state index is 6.54. The third-order valence-electron chi connectivity index (χ3n) is 6.21. The SMILES string of the molecule is CC(=Nc1ccccc1C(C)(C)C)C1CCCC(C(C)=Nc2ccccc2C(C)(C)C)O1. The average Bonchev–Trinajstić information content (AvgIpc) is 2.73. The van der Waals surface area contributed by atoms with Crippen LogP contribution in [0.2, 0.25) is 0 Å². The highest BCUT2D eigenvalue weighted by Gasteiger charge is 2.27. The van der Waals surface area contributed by atoms with E-state index in [1.807, 2.05) is 0 Å². The molecule has 1 heterocycles. The molecule has 1 aliphatic heterocycles. The van der Waals surface area contributed by atoms with Crippen molar-refractivity contribution >= 4 is 22.8 Å². The summed E-state index contributed by atoms with van der Waals surface area (Å²) in [6.45, 7) is 17.6. The number of ether oxygens (including phenoxy) is 1. The molecule has 2 aromatic rings. The van der Waals surface area contributed by atoms with Gasteiger partial charge in [0.25, 0.3) is 0 Å². The van der Waals surface area contributed by atoms with Crippen molar-refractivity contribution < 1.29 is 4.74 Å². The van der Waals surface area contributed by atoms with E-state index in [9.17, 15) is 0 Å². The van der Waals surface area contributed by atoms with Gasteiger partial charge in [0.05, 0.1) is 23.6 Å². The quantitative estimate of drug-likeness (QED) is 0.449. The highest BCUT2D eigenvalue weighted by atomic mass is 16.5. The molecule has 0 saturated carbocycles. The summed E-state index contributed by atoms with van der Waals surface area (Å²) in [7, 11) is 0. The summed E-state index contributed by atoms with van der Waals surface area (Å²) in [4.78, 5) is 10.1. The Hall–Kier alpha value is -2.26. The molecule has 0 aromatic heterocycles. The van der Waals surface area contributed by atoms with Gasteiger partial charge in [-0.15, -0.1) is 0 Å². The highest BCUT2D eigenvalue weighted by molar-refractivity contribution is 5.92. The minimum atomic E-state index is 0.0322. The van der Waals surface area contributed by atoms with Gasteiger partial charge in [-0.3, -0.25) is 9.98 Å². The van der Waals surface area contributed by atoms with Crippen LogP contribution in [0.5, 0.6) is 0 Å². The summed E-state index contributed by atoms with van der Waals surface area (Å²) in [6, 6.07) is 16.9. The molecule has 3 nitrogen and oxygen atoms in total. The minimum absolute atomic E-state index is 0.0322. The number of para-hydroxylation sites is 2. The summed E-state index contributed by atoms with van der Waals surface area (Å²) in [6.07, 6.45) is 3.20. The number of hydrogen-bond donors (Lipinski definition) is 0. The van der Waals surface area contributed by atoms with Crippen LogP contribution in [-0.2, 0) is 15.6 Å². The lowest BCUT2D eigenvalue weighted by atomic mass is 9.86. The second-order valence-corrected chi connectivity index (χ2v) is 11.1. The van der Waals surface area contributed by atoms with Gasteiger partial charge >= 0.3 is 0 Å². The van der Waals surface area contributed by atoms with Crippen molar-refractivity contribution in [3.8, 4) is 0 Å². The fourth-order valence-electron chi connectivity index (χ4n) is 4.37. The number of hydrogen-bond acceptors (Lipinski definition) is 3. The third-order valence-corrected chi connectivity index (χ3v) is 6.21. The van der Waals surface area contributed by atoms with Crippen LogP contribution in [0.4, 0.5) is 11.4 Å². The number of rotatable bonds is 4. The molecule has 0 spiro atoms. The topological polar surface area (TPSA) is 34.0 Å². The first kappa shape index (κ1) is 24.4. The maximum Gasteiger partial charge on any atom is 0.0962 e. The van der Waals surface area contributed by atoms with E-state index in [0.717, 1.165) is 42.1 Å². The lowest BCUT2D eigenvalue weighted by molar-refractivity contribution is 0.0230. The molecular formula is C29H40N2O. The fourth-order valence-corrected chi connectivity index (χ4v) is 4.37. The van der Waals surface area contributed by atoms with E-state index in [4.69, 9.17) is 14.7 Å². The van der Waals surface area contributed by atoms with Gasteiger partial charge in [-0.1, -0.05) is 77.9 Å². The molecule has 32 heavy (non-hydrogen) atoms. The zero-order valence-electron chi connectivity index (χ0n) is 21.2.